The molecule has 0 aromatic carbocycles. The van der Waals surface area contributed by atoms with Crippen molar-refractivity contribution in [1.29, 1.82) is 0 Å². The Morgan fingerprint density at radius 1 is 1.35 bits per heavy atom. The maximum absolute atomic E-state index is 4.36. The lowest BCUT2D eigenvalue weighted by Crippen LogP contribution is -1.89. The molecule has 3 heterocycles. The highest BCUT2D eigenvalue weighted by Crippen LogP contribution is 2.29. The number of aromatic nitrogens is 3. The summed E-state index contributed by atoms with van der Waals surface area (Å²) in [7, 11) is 2.09. The fraction of sp³-hybridized carbons (Fsp3) is 0.235. The first kappa shape index (κ1) is 12.7. The molecule has 3 aromatic rings. The van der Waals surface area contributed by atoms with Crippen LogP contribution < -0.4 is 0 Å². The third kappa shape index (κ3) is 2.05. The van der Waals surface area contributed by atoms with Gasteiger partial charge in [0.1, 0.15) is 5.65 Å². The minimum absolute atomic E-state index is 0.939. The van der Waals surface area contributed by atoms with E-state index in [2.05, 4.69) is 66.8 Å². The van der Waals surface area contributed by atoms with E-state index in [-0.39, 0.29) is 0 Å². The van der Waals surface area contributed by atoms with Gasteiger partial charge in [0.15, 0.2) is 0 Å². The molecule has 0 bridgehead atoms. The monoisotopic (exact) mass is 265 g/mol. The largest absolute Gasteiger partial charge is 0.350 e. The summed E-state index contributed by atoms with van der Waals surface area (Å²) in [6.07, 6.45) is 6.21. The van der Waals surface area contributed by atoms with Crippen molar-refractivity contribution in [3.63, 3.8) is 0 Å². The lowest BCUT2D eigenvalue weighted by Gasteiger charge is -2.00. The zero-order valence-corrected chi connectivity index (χ0v) is 12.4. The molecule has 0 aliphatic heterocycles. The highest BCUT2D eigenvalue weighted by atomic mass is 14.9. The number of aromatic amines is 1. The van der Waals surface area contributed by atoms with E-state index in [1.165, 1.54) is 22.4 Å². The molecule has 0 saturated heterocycles. The van der Waals surface area contributed by atoms with Crippen molar-refractivity contribution in [1.82, 2.24) is 14.5 Å². The van der Waals surface area contributed by atoms with Crippen LogP contribution in [0.25, 0.3) is 28.4 Å². The highest BCUT2D eigenvalue weighted by Gasteiger charge is 2.12. The van der Waals surface area contributed by atoms with Crippen LogP contribution in [-0.2, 0) is 7.05 Å². The normalized spacial score (nSPS) is 11.0. The van der Waals surface area contributed by atoms with Gasteiger partial charge in [-0.15, -0.1) is 0 Å². The van der Waals surface area contributed by atoms with Gasteiger partial charge in [-0.2, -0.15) is 0 Å². The number of hydrogen-bond acceptors (Lipinski definition) is 1. The molecule has 1 N–H and O–H groups in total. The quantitative estimate of drug-likeness (QED) is 0.736. The molecule has 102 valence electrons. The first-order valence-corrected chi connectivity index (χ1v) is 6.81. The molecule has 0 fully saturated rings. The number of pyridine rings is 1. The van der Waals surface area contributed by atoms with Crippen LogP contribution in [0.4, 0.5) is 0 Å². The van der Waals surface area contributed by atoms with E-state index in [1.807, 2.05) is 12.3 Å². The van der Waals surface area contributed by atoms with Gasteiger partial charge in [-0.25, -0.2) is 4.98 Å². The van der Waals surface area contributed by atoms with E-state index in [0.29, 0.717) is 0 Å². The van der Waals surface area contributed by atoms with Crippen molar-refractivity contribution in [3.8, 4) is 11.3 Å². The number of allylic oxidation sites excluding steroid dienone is 1. The van der Waals surface area contributed by atoms with E-state index < -0.39 is 0 Å². The van der Waals surface area contributed by atoms with Gasteiger partial charge in [-0.3, -0.25) is 0 Å². The molecule has 0 spiro atoms. The zero-order valence-electron chi connectivity index (χ0n) is 12.4. The third-order valence-corrected chi connectivity index (χ3v) is 3.60. The minimum atomic E-state index is 0.939. The number of fused-ring (bicyclic) bond motifs is 1. The van der Waals surface area contributed by atoms with Crippen LogP contribution in [0.2, 0.25) is 0 Å². The molecule has 3 aromatic heterocycles. The van der Waals surface area contributed by atoms with Crippen LogP contribution in [0.5, 0.6) is 0 Å². The molecule has 0 amide bonds. The Kier molecular flexibility index (Phi) is 2.97. The molecule has 0 atom stereocenters. The Morgan fingerprint density at radius 2 is 2.15 bits per heavy atom. The van der Waals surface area contributed by atoms with E-state index in [4.69, 9.17) is 0 Å². The number of H-pyrrole nitrogens is 1. The molecule has 0 unspecified atom stereocenters. The number of nitrogens with one attached hydrogen (secondary N) is 1. The fourth-order valence-corrected chi connectivity index (χ4v) is 2.62. The van der Waals surface area contributed by atoms with E-state index in [0.717, 1.165) is 16.7 Å². The number of hydrogen-bond donors (Lipinski definition) is 1. The Morgan fingerprint density at radius 3 is 2.85 bits per heavy atom. The van der Waals surface area contributed by atoms with Crippen molar-refractivity contribution in [3.05, 3.63) is 47.4 Å². The van der Waals surface area contributed by atoms with E-state index in [1.54, 1.807) is 0 Å². The van der Waals surface area contributed by atoms with Gasteiger partial charge >= 0.3 is 0 Å². The summed E-state index contributed by atoms with van der Waals surface area (Å²) in [6.45, 7) is 6.42. The fourth-order valence-electron chi connectivity index (χ4n) is 2.62. The predicted octanol–water partition coefficient (Wildman–Crippen LogP) is 4.30. The van der Waals surface area contributed by atoms with Crippen LogP contribution in [0.15, 0.2) is 36.2 Å². The molecular formula is C17H19N3. The van der Waals surface area contributed by atoms with Crippen LogP contribution in [-0.4, -0.2) is 14.5 Å². The summed E-state index contributed by atoms with van der Waals surface area (Å²) in [6, 6.07) is 6.21. The number of aryl methyl sites for hydroxylation is 1. The van der Waals surface area contributed by atoms with Gasteiger partial charge in [-0.05, 0) is 50.6 Å². The molecule has 3 heteroatoms. The number of nitrogens with zero attached hydrogens (tertiary/aromatic N) is 2. The maximum atomic E-state index is 4.36. The Hall–Kier alpha value is -2.29. The van der Waals surface area contributed by atoms with Crippen LogP contribution >= 0.6 is 0 Å². The van der Waals surface area contributed by atoms with Gasteiger partial charge in [0.25, 0.3) is 0 Å². The third-order valence-electron chi connectivity index (χ3n) is 3.60. The Bertz CT molecular complexity index is 766. The topological polar surface area (TPSA) is 33.6 Å². The van der Waals surface area contributed by atoms with Crippen LogP contribution in [0, 0.1) is 6.92 Å². The average Bonchev–Trinajstić information content (AvgIpc) is 2.94. The first-order chi connectivity index (χ1) is 9.56. The van der Waals surface area contributed by atoms with Crippen LogP contribution in [0.3, 0.4) is 0 Å². The van der Waals surface area contributed by atoms with Crippen molar-refractivity contribution in [2.75, 3.05) is 0 Å². The Balaban J connectivity index is 2.17. The van der Waals surface area contributed by atoms with Crippen molar-refractivity contribution < 1.29 is 0 Å². The molecule has 0 radical (unpaired) electrons. The molecule has 20 heavy (non-hydrogen) atoms. The minimum Gasteiger partial charge on any atom is -0.350 e. The molecule has 3 nitrogen and oxygen atoms in total. The van der Waals surface area contributed by atoms with Gasteiger partial charge in [0.2, 0.25) is 0 Å². The summed E-state index contributed by atoms with van der Waals surface area (Å²) in [5, 5.41) is 1.15. The van der Waals surface area contributed by atoms with Crippen molar-refractivity contribution in [2.24, 2.45) is 7.05 Å². The van der Waals surface area contributed by atoms with Crippen molar-refractivity contribution >= 4 is 17.1 Å². The SMILES string of the molecule is CC(C)=Cc1c(C)c(-c2cc3cccnc3[nH]2)cn1C. The standard InChI is InChI=1S/C17H19N3/c1-11(2)8-16-12(3)14(10-20(16)4)15-9-13-6-5-7-18-17(13)19-15/h5-10H,1-4H3,(H,18,19). The molecular weight excluding hydrogens is 246 g/mol. The molecule has 3 rings (SSSR count). The zero-order chi connectivity index (χ0) is 14.3. The second kappa shape index (κ2) is 4.67. The molecule has 0 saturated carbocycles. The lowest BCUT2D eigenvalue weighted by molar-refractivity contribution is 0.910. The van der Waals surface area contributed by atoms with Crippen molar-refractivity contribution in [2.45, 2.75) is 20.8 Å². The Labute approximate surface area is 119 Å². The van der Waals surface area contributed by atoms with Gasteiger partial charge in [0, 0.05) is 41.8 Å². The first-order valence-electron chi connectivity index (χ1n) is 6.81. The summed E-state index contributed by atoms with van der Waals surface area (Å²) in [4.78, 5) is 7.76. The summed E-state index contributed by atoms with van der Waals surface area (Å²) in [5.74, 6) is 0. The predicted molar refractivity (Wildman–Crippen MR) is 84.6 cm³/mol. The average molecular weight is 265 g/mol. The van der Waals surface area contributed by atoms with Gasteiger partial charge in [0.05, 0.1) is 0 Å². The lowest BCUT2D eigenvalue weighted by atomic mass is 10.1. The highest BCUT2D eigenvalue weighted by molar-refractivity contribution is 5.84. The smallest absolute Gasteiger partial charge is 0.137 e. The second-order valence-electron chi connectivity index (χ2n) is 5.51. The summed E-state index contributed by atoms with van der Waals surface area (Å²) < 4.78 is 2.18. The summed E-state index contributed by atoms with van der Waals surface area (Å²) >= 11 is 0. The summed E-state index contributed by atoms with van der Waals surface area (Å²) in [5.41, 5.74) is 7.15. The molecule has 0 aliphatic rings. The van der Waals surface area contributed by atoms with E-state index in [9.17, 15) is 0 Å². The number of rotatable bonds is 2. The van der Waals surface area contributed by atoms with Gasteiger partial charge < -0.3 is 9.55 Å². The van der Waals surface area contributed by atoms with E-state index >= 15 is 0 Å². The van der Waals surface area contributed by atoms with Crippen LogP contribution in [0.1, 0.15) is 25.1 Å². The van der Waals surface area contributed by atoms with Gasteiger partial charge in [-0.1, -0.05) is 5.57 Å². The molecule has 0 aliphatic carbocycles. The maximum Gasteiger partial charge on any atom is 0.137 e. The second-order valence-corrected chi connectivity index (χ2v) is 5.51.